The Bertz CT molecular complexity index is 263. The lowest BCUT2D eigenvalue weighted by Crippen LogP contribution is -2.42. The molecule has 2 N–H and O–H groups in total. The summed E-state index contributed by atoms with van der Waals surface area (Å²) >= 11 is 0. The van der Waals surface area contributed by atoms with Crippen molar-refractivity contribution < 1.29 is 8.42 Å². The van der Waals surface area contributed by atoms with Crippen LogP contribution in [0.1, 0.15) is 20.3 Å². The van der Waals surface area contributed by atoms with E-state index < -0.39 is 10.2 Å². The quantitative estimate of drug-likeness (QED) is 0.683. The van der Waals surface area contributed by atoms with Crippen molar-refractivity contribution in [1.82, 2.24) is 8.61 Å². The summed E-state index contributed by atoms with van der Waals surface area (Å²) in [7, 11) is -0.202. The summed E-state index contributed by atoms with van der Waals surface area (Å²) in [5.41, 5.74) is 5.39. The van der Waals surface area contributed by atoms with Crippen LogP contribution in [0.25, 0.3) is 0 Å². The lowest BCUT2D eigenvalue weighted by atomic mass is 10.2. The van der Waals surface area contributed by atoms with Crippen LogP contribution < -0.4 is 5.73 Å². The van der Waals surface area contributed by atoms with Crippen molar-refractivity contribution in [2.24, 2.45) is 11.7 Å². The summed E-state index contributed by atoms with van der Waals surface area (Å²) in [6, 6.07) is 0. The first kappa shape index (κ1) is 14.8. The molecule has 5 nitrogen and oxygen atoms in total. The average molecular weight is 237 g/mol. The SMILES string of the molecule is CC(C)CN(CCCN)S(=O)(=O)N(C)C. The van der Waals surface area contributed by atoms with Crippen molar-refractivity contribution in [2.75, 3.05) is 33.7 Å². The summed E-state index contributed by atoms with van der Waals surface area (Å²) in [5, 5.41) is 0. The Hall–Kier alpha value is -0.170. The van der Waals surface area contributed by atoms with Crippen molar-refractivity contribution in [3.63, 3.8) is 0 Å². The zero-order valence-electron chi connectivity index (χ0n) is 10.1. The highest BCUT2D eigenvalue weighted by Crippen LogP contribution is 2.08. The van der Waals surface area contributed by atoms with Gasteiger partial charge in [-0.1, -0.05) is 13.8 Å². The number of rotatable bonds is 7. The molecule has 0 fully saturated rings. The molecule has 0 aliphatic rings. The minimum absolute atomic E-state index is 0.317. The van der Waals surface area contributed by atoms with Crippen LogP contribution in [-0.4, -0.2) is 50.8 Å². The number of hydrogen-bond acceptors (Lipinski definition) is 3. The normalized spacial score (nSPS) is 13.1. The molecule has 0 radical (unpaired) electrons. The third-order valence-corrected chi connectivity index (χ3v) is 3.88. The van der Waals surface area contributed by atoms with Gasteiger partial charge in [-0.05, 0) is 18.9 Å². The van der Waals surface area contributed by atoms with Gasteiger partial charge in [0.05, 0.1) is 0 Å². The third kappa shape index (κ3) is 4.92. The lowest BCUT2D eigenvalue weighted by molar-refractivity contribution is 0.339. The monoisotopic (exact) mass is 237 g/mol. The van der Waals surface area contributed by atoms with Crippen molar-refractivity contribution in [1.29, 1.82) is 0 Å². The summed E-state index contributed by atoms with van der Waals surface area (Å²) in [6.45, 7) is 5.55. The fraction of sp³-hybridized carbons (Fsp3) is 1.00. The molecule has 0 atom stereocenters. The standard InChI is InChI=1S/C9H23N3O2S/c1-9(2)8-12(7-5-6-10)15(13,14)11(3)4/h9H,5-8,10H2,1-4H3. The minimum atomic E-state index is -3.30. The molecule has 15 heavy (non-hydrogen) atoms. The maximum absolute atomic E-state index is 11.9. The van der Waals surface area contributed by atoms with E-state index in [1.165, 1.54) is 8.61 Å². The molecule has 0 rings (SSSR count). The third-order valence-electron chi connectivity index (χ3n) is 1.97. The Morgan fingerprint density at radius 3 is 2.13 bits per heavy atom. The van der Waals surface area contributed by atoms with E-state index in [-0.39, 0.29) is 0 Å². The molecule has 0 aliphatic carbocycles. The first-order chi connectivity index (χ1) is 6.82. The van der Waals surface area contributed by atoms with Gasteiger partial charge in [0.25, 0.3) is 10.2 Å². The second-order valence-electron chi connectivity index (χ2n) is 4.18. The largest absolute Gasteiger partial charge is 0.330 e. The van der Waals surface area contributed by atoms with E-state index in [4.69, 9.17) is 5.73 Å². The highest BCUT2D eigenvalue weighted by molar-refractivity contribution is 7.86. The van der Waals surface area contributed by atoms with Crippen molar-refractivity contribution in [3.8, 4) is 0 Å². The van der Waals surface area contributed by atoms with E-state index in [0.717, 1.165) is 0 Å². The average Bonchev–Trinajstić information content (AvgIpc) is 2.11. The van der Waals surface area contributed by atoms with Crippen molar-refractivity contribution in [3.05, 3.63) is 0 Å². The van der Waals surface area contributed by atoms with Crippen LogP contribution in [0, 0.1) is 5.92 Å². The van der Waals surface area contributed by atoms with Crippen molar-refractivity contribution >= 4 is 10.2 Å². The molecule has 0 amide bonds. The van der Waals surface area contributed by atoms with Gasteiger partial charge < -0.3 is 5.73 Å². The zero-order chi connectivity index (χ0) is 12.1. The van der Waals surface area contributed by atoms with Crippen molar-refractivity contribution in [2.45, 2.75) is 20.3 Å². The van der Waals surface area contributed by atoms with Gasteiger partial charge in [0.2, 0.25) is 0 Å². The molecule has 0 aromatic heterocycles. The van der Waals surface area contributed by atoms with Crippen LogP contribution in [-0.2, 0) is 10.2 Å². The summed E-state index contributed by atoms with van der Waals surface area (Å²) < 4.78 is 26.5. The molecule has 0 unspecified atom stereocenters. The number of hydrogen-bond donors (Lipinski definition) is 1. The molecule has 0 spiro atoms. The smallest absolute Gasteiger partial charge is 0.281 e. The molecule has 0 aromatic rings. The van der Waals surface area contributed by atoms with Gasteiger partial charge in [0.1, 0.15) is 0 Å². The molecule has 6 heteroatoms. The van der Waals surface area contributed by atoms with Crippen LogP contribution >= 0.6 is 0 Å². The zero-order valence-corrected chi connectivity index (χ0v) is 10.9. The van der Waals surface area contributed by atoms with Gasteiger partial charge in [0.15, 0.2) is 0 Å². The molecule has 0 saturated heterocycles. The van der Waals surface area contributed by atoms with Crippen LogP contribution in [0.3, 0.4) is 0 Å². The summed E-state index contributed by atoms with van der Waals surface area (Å²) in [6.07, 6.45) is 0.694. The Kier molecular flexibility index (Phi) is 6.35. The van der Waals surface area contributed by atoms with Gasteiger partial charge in [-0.2, -0.15) is 17.0 Å². The Labute approximate surface area is 93.4 Å². The highest BCUT2D eigenvalue weighted by Gasteiger charge is 2.24. The second kappa shape index (κ2) is 6.42. The molecule has 0 heterocycles. The first-order valence-corrected chi connectivity index (χ1v) is 6.59. The second-order valence-corrected chi connectivity index (χ2v) is 6.33. The fourth-order valence-electron chi connectivity index (χ4n) is 1.21. The maximum atomic E-state index is 11.9. The number of nitrogens with zero attached hydrogens (tertiary/aromatic N) is 2. The summed E-state index contributed by atoms with van der Waals surface area (Å²) in [5.74, 6) is 0.317. The molecular weight excluding hydrogens is 214 g/mol. The van der Waals surface area contributed by atoms with Crippen LogP contribution in [0.15, 0.2) is 0 Å². The van der Waals surface area contributed by atoms with E-state index in [9.17, 15) is 8.42 Å². The van der Waals surface area contributed by atoms with Gasteiger partial charge in [-0.15, -0.1) is 0 Å². The maximum Gasteiger partial charge on any atom is 0.281 e. The van der Waals surface area contributed by atoms with Crippen LogP contribution in [0.5, 0.6) is 0 Å². The van der Waals surface area contributed by atoms with Crippen LogP contribution in [0.4, 0.5) is 0 Å². The Morgan fingerprint density at radius 2 is 1.80 bits per heavy atom. The Morgan fingerprint density at radius 1 is 1.27 bits per heavy atom. The minimum Gasteiger partial charge on any atom is -0.330 e. The lowest BCUT2D eigenvalue weighted by Gasteiger charge is -2.26. The Balaban J connectivity index is 4.61. The van der Waals surface area contributed by atoms with Gasteiger partial charge in [-0.3, -0.25) is 0 Å². The predicted octanol–water partition coefficient (Wildman–Crippen LogP) is 0.0996. The molecule has 0 saturated carbocycles. The molecule has 0 aliphatic heterocycles. The predicted molar refractivity (Wildman–Crippen MR) is 62.7 cm³/mol. The molecular formula is C9H23N3O2S. The molecule has 0 aromatic carbocycles. The molecule has 0 bridgehead atoms. The highest BCUT2D eigenvalue weighted by atomic mass is 32.2. The van der Waals surface area contributed by atoms with Crippen LogP contribution in [0.2, 0.25) is 0 Å². The van der Waals surface area contributed by atoms with E-state index in [1.807, 2.05) is 13.8 Å². The number of nitrogens with two attached hydrogens (primary N) is 1. The van der Waals surface area contributed by atoms with E-state index in [0.29, 0.717) is 32.0 Å². The molecule has 92 valence electrons. The van der Waals surface area contributed by atoms with E-state index in [2.05, 4.69) is 0 Å². The van der Waals surface area contributed by atoms with Gasteiger partial charge >= 0.3 is 0 Å². The van der Waals surface area contributed by atoms with Gasteiger partial charge in [-0.25, -0.2) is 0 Å². The van der Waals surface area contributed by atoms with E-state index in [1.54, 1.807) is 14.1 Å². The topological polar surface area (TPSA) is 66.6 Å². The van der Waals surface area contributed by atoms with E-state index >= 15 is 0 Å². The first-order valence-electron chi connectivity index (χ1n) is 5.20. The van der Waals surface area contributed by atoms with Gasteiger partial charge in [0, 0.05) is 27.2 Å². The fourth-order valence-corrected chi connectivity index (χ4v) is 2.51. The summed E-state index contributed by atoms with van der Waals surface area (Å²) in [4.78, 5) is 0.